The van der Waals surface area contributed by atoms with Gasteiger partial charge in [0, 0.05) is 27.9 Å². The van der Waals surface area contributed by atoms with Crippen LogP contribution in [0.25, 0.3) is 26.9 Å². The number of hydrogen-bond acceptors (Lipinski definition) is 4. The molecule has 0 spiro atoms. The van der Waals surface area contributed by atoms with Crippen LogP contribution in [0.4, 0.5) is 5.69 Å². The molecule has 1 N–H and O–H groups in total. The Balaban J connectivity index is 1.52. The zero-order chi connectivity index (χ0) is 22.0. The molecule has 1 aromatic heterocycles. The SMILES string of the molecule is COc1c(Cl)cc(Cl)cc1C=CC(=O)Nc1ccc(-c2nc3ccccc3s2)cc1C. The number of nitrogens with one attached hydrogen (secondary N) is 1. The van der Waals surface area contributed by atoms with E-state index in [0.717, 1.165) is 32.0 Å². The maximum absolute atomic E-state index is 12.5. The summed E-state index contributed by atoms with van der Waals surface area (Å²) in [6.45, 7) is 1.95. The molecule has 4 aromatic rings. The highest BCUT2D eigenvalue weighted by Crippen LogP contribution is 2.34. The Kier molecular flexibility index (Phi) is 6.28. The number of carbonyl (C=O) groups is 1. The van der Waals surface area contributed by atoms with Gasteiger partial charge in [0.1, 0.15) is 10.8 Å². The van der Waals surface area contributed by atoms with Crippen molar-refractivity contribution in [3.63, 3.8) is 0 Å². The number of ether oxygens (including phenoxy) is 1. The number of fused-ring (bicyclic) bond motifs is 1. The van der Waals surface area contributed by atoms with Crippen LogP contribution in [0.2, 0.25) is 10.0 Å². The standard InChI is InChI=1S/C24H18Cl2N2O2S/c1-14-11-16(24-28-20-5-3-4-6-21(20)31-24)7-9-19(14)27-22(29)10-8-15-12-17(25)13-18(26)23(15)30-2/h3-13H,1-2H3,(H,27,29). The second-order valence-electron chi connectivity index (χ2n) is 6.85. The summed E-state index contributed by atoms with van der Waals surface area (Å²) in [6.07, 6.45) is 3.04. The zero-order valence-electron chi connectivity index (χ0n) is 16.8. The van der Waals surface area contributed by atoms with Crippen LogP contribution in [0.3, 0.4) is 0 Å². The smallest absolute Gasteiger partial charge is 0.248 e. The van der Waals surface area contributed by atoms with Crippen LogP contribution >= 0.6 is 34.5 Å². The Morgan fingerprint density at radius 1 is 1.13 bits per heavy atom. The van der Waals surface area contributed by atoms with Crippen LogP contribution in [-0.4, -0.2) is 18.0 Å². The molecule has 0 radical (unpaired) electrons. The van der Waals surface area contributed by atoms with Crippen molar-refractivity contribution in [3.05, 3.63) is 81.8 Å². The third-order valence-corrected chi connectivity index (χ3v) is 6.27. The lowest BCUT2D eigenvalue weighted by Gasteiger charge is -2.09. The van der Waals surface area contributed by atoms with Crippen molar-refractivity contribution in [1.82, 2.24) is 4.98 Å². The van der Waals surface area contributed by atoms with Crippen LogP contribution in [0.1, 0.15) is 11.1 Å². The van der Waals surface area contributed by atoms with Gasteiger partial charge in [-0.2, -0.15) is 0 Å². The lowest BCUT2D eigenvalue weighted by atomic mass is 10.1. The number of hydrogen-bond donors (Lipinski definition) is 1. The molecule has 0 aliphatic rings. The van der Waals surface area contributed by atoms with Gasteiger partial charge in [0.2, 0.25) is 5.91 Å². The zero-order valence-corrected chi connectivity index (χ0v) is 19.1. The summed E-state index contributed by atoms with van der Waals surface area (Å²) in [7, 11) is 1.52. The number of nitrogens with zero attached hydrogens (tertiary/aromatic N) is 1. The molecule has 0 atom stereocenters. The fraction of sp³-hybridized carbons (Fsp3) is 0.0833. The topological polar surface area (TPSA) is 51.2 Å². The summed E-state index contributed by atoms with van der Waals surface area (Å²) in [5, 5.41) is 4.70. The van der Waals surface area contributed by atoms with Crippen molar-refractivity contribution in [2.75, 3.05) is 12.4 Å². The Hall–Kier alpha value is -2.86. The molecule has 0 bridgehead atoms. The summed E-state index contributed by atoms with van der Waals surface area (Å²) < 4.78 is 6.45. The first kappa shape index (κ1) is 21.4. The number of thiazole rings is 1. The van der Waals surface area contributed by atoms with Gasteiger partial charge in [-0.05, 0) is 61.0 Å². The molecule has 156 valence electrons. The van der Waals surface area contributed by atoms with Crippen molar-refractivity contribution >= 4 is 62.4 Å². The summed E-state index contributed by atoms with van der Waals surface area (Å²) >= 11 is 13.8. The maximum atomic E-state index is 12.5. The van der Waals surface area contributed by atoms with E-state index >= 15 is 0 Å². The molecule has 0 fully saturated rings. The van der Waals surface area contributed by atoms with E-state index in [1.807, 2.05) is 43.3 Å². The summed E-state index contributed by atoms with van der Waals surface area (Å²) in [6, 6.07) is 17.2. The van der Waals surface area contributed by atoms with E-state index in [-0.39, 0.29) is 5.91 Å². The molecular formula is C24H18Cl2N2O2S. The fourth-order valence-corrected chi connectivity index (χ4v) is 4.74. The predicted octanol–water partition coefficient (Wildman–Crippen LogP) is 7.24. The predicted molar refractivity (Wildman–Crippen MR) is 130 cm³/mol. The highest BCUT2D eigenvalue weighted by Gasteiger charge is 2.10. The number of amides is 1. The van der Waals surface area contributed by atoms with E-state index in [2.05, 4.69) is 11.4 Å². The third-order valence-electron chi connectivity index (χ3n) is 4.68. The highest BCUT2D eigenvalue weighted by molar-refractivity contribution is 7.21. The molecule has 0 aliphatic carbocycles. The van der Waals surface area contributed by atoms with E-state index in [0.29, 0.717) is 21.4 Å². The average molecular weight is 469 g/mol. The van der Waals surface area contributed by atoms with Crippen molar-refractivity contribution < 1.29 is 9.53 Å². The monoisotopic (exact) mass is 468 g/mol. The molecule has 4 nitrogen and oxygen atoms in total. The van der Waals surface area contributed by atoms with Gasteiger partial charge in [0.25, 0.3) is 0 Å². The third kappa shape index (κ3) is 4.74. The van der Waals surface area contributed by atoms with Crippen LogP contribution in [0.5, 0.6) is 5.75 Å². The lowest BCUT2D eigenvalue weighted by molar-refractivity contribution is -0.111. The van der Waals surface area contributed by atoms with Crippen molar-refractivity contribution in [2.45, 2.75) is 6.92 Å². The molecule has 7 heteroatoms. The number of benzene rings is 3. The van der Waals surface area contributed by atoms with E-state index in [1.165, 1.54) is 13.2 Å². The number of methoxy groups -OCH3 is 1. The Bertz CT molecular complexity index is 1280. The second kappa shape index (κ2) is 9.10. The van der Waals surface area contributed by atoms with Crippen molar-refractivity contribution in [1.29, 1.82) is 0 Å². The van der Waals surface area contributed by atoms with E-state index in [1.54, 1.807) is 29.5 Å². The van der Waals surface area contributed by atoms with E-state index in [9.17, 15) is 4.79 Å². The maximum Gasteiger partial charge on any atom is 0.248 e. The van der Waals surface area contributed by atoms with Gasteiger partial charge in [0.15, 0.2) is 0 Å². The number of anilines is 1. The number of halogens is 2. The molecule has 0 aliphatic heterocycles. The Morgan fingerprint density at radius 3 is 2.68 bits per heavy atom. The number of para-hydroxylation sites is 1. The van der Waals surface area contributed by atoms with Gasteiger partial charge >= 0.3 is 0 Å². The van der Waals surface area contributed by atoms with Gasteiger partial charge in [-0.3, -0.25) is 4.79 Å². The number of aromatic nitrogens is 1. The Labute approximate surface area is 194 Å². The van der Waals surface area contributed by atoms with Crippen LogP contribution in [0, 0.1) is 6.92 Å². The first-order valence-corrected chi connectivity index (χ1v) is 11.0. The minimum atomic E-state index is -0.269. The number of rotatable bonds is 5. The van der Waals surface area contributed by atoms with Gasteiger partial charge in [0.05, 0.1) is 22.3 Å². The molecule has 4 rings (SSSR count). The van der Waals surface area contributed by atoms with Crippen LogP contribution in [-0.2, 0) is 4.79 Å². The van der Waals surface area contributed by atoms with Gasteiger partial charge in [-0.25, -0.2) is 4.98 Å². The normalized spacial score (nSPS) is 11.2. The molecular weight excluding hydrogens is 451 g/mol. The molecule has 1 heterocycles. The molecule has 3 aromatic carbocycles. The van der Waals surface area contributed by atoms with E-state index in [4.69, 9.17) is 32.9 Å². The molecule has 0 unspecified atom stereocenters. The molecule has 0 saturated heterocycles. The molecule has 0 saturated carbocycles. The summed E-state index contributed by atoms with van der Waals surface area (Å²) in [5.74, 6) is 0.195. The molecule has 1 amide bonds. The van der Waals surface area contributed by atoms with Gasteiger partial charge in [-0.1, -0.05) is 35.3 Å². The first-order chi connectivity index (χ1) is 14.9. The summed E-state index contributed by atoms with van der Waals surface area (Å²) in [5.41, 5.74) is 4.31. The largest absolute Gasteiger partial charge is 0.495 e. The lowest BCUT2D eigenvalue weighted by Crippen LogP contribution is -2.09. The average Bonchev–Trinajstić information content (AvgIpc) is 3.17. The minimum Gasteiger partial charge on any atom is -0.495 e. The number of aryl methyl sites for hydroxylation is 1. The quantitative estimate of drug-likeness (QED) is 0.314. The summed E-state index contributed by atoms with van der Waals surface area (Å²) in [4.78, 5) is 17.2. The highest BCUT2D eigenvalue weighted by atomic mass is 35.5. The Morgan fingerprint density at radius 2 is 1.94 bits per heavy atom. The van der Waals surface area contributed by atoms with Gasteiger partial charge in [-0.15, -0.1) is 11.3 Å². The van der Waals surface area contributed by atoms with Crippen molar-refractivity contribution in [2.24, 2.45) is 0 Å². The molecule has 31 heavy (non-hydrogen) atoms. The second-order valence-corrected chi connectivity index (χ2v) is 8.72. The van der Waals surface area contributed by atoms with E-state index < -0.39 is 0 Å². The van der Waals surface area contributed by atoms with Crippen LogP contribution in [0.15, 0.2) is 60.7 Å². The fourth-order valence-electron chi connectivity index (χ4n) is 3.19. The minimum absolute atomic E-state index is 0.269. The van der Waals surface area contributed by atoms with Crippen LogP contribution < -0.4 is 10.1 Å². The number of carbonyl (C=O) groups excluding carboxylic acids is 1. The van der Waals surface area contributed by atoms with Crippen molar-refractivity contribution in [3.8, 4) is 16.3 Å². The van der Waals surface area contributed by atoms with Gasteiger partial charge < -0.3 is 10.1 Å². The first-order valence-electron chi connectivity index (χ1n) is 9.43.